The zero-order valence-electron chi connectivity index (χ0n) is 15.3. The van der Waals surface area contributed by atoms with Gasteiger partial charge < -0.3 is 0 Å². The first kappa shape index (κ1) is 18.8. The highest BCUT2D eigenvalue weighted by atomic mass is 32.2. The SMILES string of the molecule is CS(=O)(=O)N1CCCc2ccc(NS(=O)(=O)c3ccc4ccccc4c3)cc21. The van der Waals surface area contributed by atoms with Crippen LogP contribution in [0.4, 0.5) is 11.4 Å². The molecule has 0 spiro atoms. The fourth-order valence-electron chi connectivity index (χ4n) is 3.50. The van der Waals surface area contributed by atoms with Crippen LogP contribution in [0, 0.1) is 0 Å². The molecule has 0 aliphatic carbocycles. The van der Waals surface area contributed by atoms with Crippen molar-refractivity contribution < 1.29 is 16.8 Å². The topological polar surface area (TPSA) is 83.6 Å². The summed E-state index contributed by atoms with van der Waals surface area (Å²) in [7, 11) is -7.22. The number of anilines is 2. The maximum atomic E-state index is 12.8. The van der Waals surface area contributed by atoms with Crippen molar-refractivity contribution in [3.8, 4) is 0 Å². The standard InChI is InChI=1S/C20H20N2O4S2/c1-27(23,24)22-12-4-7-16-8-10-18(14-20(16)22)21-28(25,26)19-11-9-15-5-2-3-6-17(15)13-19/h2-3,5-6,8-11,13-14,21H,4,7,12H2,1H3. The Bertz CT molecular complexity index is 1270. The van der Waals surface area contributed by atoms with Crippen LogP contribution in [0.3, 0.4) is 0 Å². The summed E-state index contributed by atoms with van der Waals surface area (Å²) in [6.07, 6.45) is 2.66. The van der Waals surface area contributed by atoms with Crippen LogP contribution in [0.1, 0.15) is 12.0 Å². The lowest BCUT2D eigenvalue weighted by Crippen LogP contribution is -2.34. The molecule has 0 amide bonds. The second kappa shape index (κ2) is 6.79. The lowest BCUT2D eigenvalue weighted by atomic mass is 10.0. The van der Waals surface area contributed by atoms with Crippen molar-refractivity contribution in [2.75, 3.05) is 21.8 Å². The molecular weight excluding hydrogens is 396 g/mol. The van der Waals surface area contributed by atoms with Gasteiger partial charge >= 0.3 is 0 Å². The molecule has 1 aliphatic heterocycles. The maximum absolute atomic E-state index is 12.8. The molecule has 8 heteroatoms. The average Bonchev–Trinajstić information content (AvgIpc) is 2.66. The Balaban J connectivity index is 1.70. The van der Waals surface area contributed by atoms with Gasteiger partial charge in [0.1, 0.15) is 0 Å². The van der Waals surface area contributed by atoms with Crippen molar-refractivity contribution in [2.45, 2.75) is 17.7 Å². The normalized spacial score (nSPS) is 14.7. The van der Waals surface area contributed by atoms with Crippen LogP contribution in [-0.4, -0.2) is 29.6 Å². The van der Waals surface area contributed by atoms with E-state index < -0.39 is 20.0 Å². The number of aryl methyl sites for hydroxylation is 1. The lowest BCUT2D eigenvalue weighted by Gasteiger charge is -2.29. The molecule has 0 radical (unpaired) electrons. The minimum Gasteiger partial charge on any atom is -0.280 e. The number of rotatable bonds is 4. The van der Waals surface area contributed by atoms with E-state index >= 15 is 0 Å². The second-order valence-corrected chi connectivity index (χ2v) is 10.5. The number of hydrogen-bond acceptors (Lipinski definition) is 4. The van der Waals surface area contributed by atoms with E-state index in [9.17, 15) is 16.8 Å². The molecule has 3 aromatic rings. The summed E-state index contributed by atoms with van der Waals surface area (Å²) in [5, 5.41) is 1.79. The van der Waals surface area contributed by atoms with Gasteiger partial charge in [-0.15, -0.1) is 0 Å². The van der Waals surface area contributed by atoms with E-state index in [4.69, 9.17) is 0 Å². The summed E-state index contributed by atoms with van der Waals surface area (Å²) in [4.78, 5) is 0.156. The van der Waals surface area contributed by atoms with E-state index in [0.717, 1.165) is 35.4 Å². The predicted molar refractivity (Wildman–Crippen MR) is 112 cm³/mol. The molecule has 0 fully saturated rings. The number of sulfonamides is 2. The molecule has 0 aromatic heterocycles. The van der Waals surface area contributed by atoms with E-state index in [1.165, 1.54) is 4.31 Å². The fourth-order valence-corrected chi connectivity index (χ4v) is 5.57. The number of nitrogens with one attached hydrogen (secondary N) is 1. The van der Waals surface area contributed by atoms with Gasteiger partial charge in [-0.2, -0.15) is 0 Å². The number of benzene rings is 3. The van der Waals surface area contributed by atoms with E-state index in [1.807, 2.05) is 24.3 Å². The van der Waals surface area contributed by atoms with Crippen LogP contribution in [0.5, 0.6) is 0 Å². The van der Waals surface area contributed by atoms with Crippen molar-refractivity contribution >= 4 is 42.2 Å². The van der Waals surface area contributed by atoms with Crippen molar-refractivity contribution in [3.63, 3.8) is 0 Å². The van der Waals surface area contributed by atoms with E-state index in [-0.39, 0.29) is 4.90 Å². The molecule has 146 valence electrons. The van der Waals surface area contributed by atoms with Gasteiger partial charge in [-0.1, -0.05) is 36.4 Å². The smallest absolute Gasteiger partial charge is 0.261 e. The van der Waals surface area contributed by atoms with Gasteiger partial charge in [0, 0.05) is 6.54 Å². The van der Waals surface area contributed by atoms with Gasteiger partial charge in [-0.05, 0) is 53.4 Å². The van der Waals surface area contributed by atoms with Crippen LogP contribution in [0.25, 0.3) is 10.8 Å². The predicted octanol–water partition coefficient (Wildman–Crippen LogP) is 3.35. The molecule has 1 heterocycles. The highest BCUT2D eigenvalue weighted by Gasteiger charge is 2.25. The van der Waals surface area contributed by atoms with Gasteiger partial charge in [0.05, 0.1) is 22.5 Å². The molecule has 0 unspecified atom stereocenters. The maximum Gasteiger partial charge on any atom is 0.261 e. The molecule has 3 aromatic carbocycles. The van der Waals surface area contributed by atoms with Gasteiger partial charge in [-0.25, -0.2) is 16.8 Å². The van der Waals surface area contributed by atoms with E-state index in [0.29, 0.717) is 17.9 Å². The van der Waals surface area contributed by atoms with Gasteiger partial charge in [0.15, 0.2) is 0 Å². The summed E-state index contributed by atoms with van der Waals surface area (Å²) >= 11 is 0. The lowest BCUT2D eigenvalue weighted by molar-refractivity contribution is 0.592. The van der Waals surface area contributed by atoms with Crippen molar-refractivity contribution in [2.24, 2.45) is 0 Å². The zero-order chi connectivity index (χ0) is 19.9. The molecule has 1 aliphatic rings. The first-order valence-electron chi connectivity index (χ1n) is 8.86. The number of fused-ring (bicyclic) bond motifs is 2. The van der Waals surface area contributed by atoms with Crippen molar-refractivity contribution in [1.82, 2.24) is 0 Å². The molecular formula is C20H20N2O4S2. The van der Waals surface area contributed by atoms with Crippen LogP contribution in [-0.2, 0) is 26.5 Å². The van der Waals surface area contributed by atoms with Crippen LogP contribution in [0.2, 0.25) is 0 Å². The summed E-state index contributed by atoms with van der Waals surface area (Å²) < 4.78 is 53.8. The Hall–Kier alpha value is -2.58. The van der Waals surface area contributed by atoms with Crippen LogP contribution >= 0.6 is 0 Å². The summed E-state index contributed by atoms with van der Waals surface area (Å²) in [6, 6.07) is 17.5. The van der Waals surface area contributed by atoms with Crippen LogP contribution < -0.4 is 9.03 Å². The second-order valence-electron chi connectivity index (χ2n) is 6.90. The van der Waals surface area contributed by atoms with Crippen LogP contribution in [0.15, 0.2) is 65.6 Å². The van der Waals surface area contributed by atoms with E-state index in [2.05, 4.69) is 4.72 Å². The minimum absolute atomic E-state index is 0.156. The Morgan fingerprint density at radius 2 is 1.64 bits per heavy atom. The highest BCUT2D eigenvalue weighted by Crippen LogP contribution is 2.32. The molecule has 6 nitrogen and oxygen atoms in total. The zero-order valence-corrected chi connectivity index (χ0v) is 16.9. The largest absolute Gasteiger partial charge is 0.280 e. The molecule has 0 atom stereocenters. The molecule has 1 N–H and O–H groups in total. The third kappa shape index (κ3) is 3.57. The Kier molecular flexibility index (Phi) is 4.55. The molecule has 0 saturated heterocycles. The number of hydrogen-bond donors (Lipinski definition) is 1. The number of nitrogens with zero attached hydrogens (tertiary/aromatic N) is 1. The Morgan fingerprint density at radius 3 is 2.39 bits per heavy atom. The van der Waals surface area contributed by atoms with Gasteiger partial charge in [-0.3, -0.25) is 9.03 Å². The molecule has 0 saturated carbocycles. The average molecular weight is 417 g/mol. The molecule has 4 rings (SSSR count). The highest BCUT2D eigenvalue weighted by molar-refractivity contribution is 7.92. The minimum atomic E-state index is -3.80. The fraction of sp³-hybridized carbons (Fsp3) is 0.200. The monoisotopic (exact) mass is 416 g/mol. The Morgan fingerprint density at radius 1 is 0.893 bits per heavy atom. The third-order valence-electron chi connectivity index (χ3n) is 4.85. The summed E-state index contributed by atoms with van der Waals surface area (Å²) in [6.45, 7) is 0.396. The third-order valence-corrected chi connectivity index (χ3v) is 7.40. The van der Waals surface area contributed by atoms with Gasteiger partial charge in [0.2, 0.25) is 10.0 Å². The van der Waals surface area contributed by atoms with Gasteiger partial charge in [0.25, 0.3) is 10.0 Å². The van der Waals surface area contributed by atoms with Crippen molar-refractivity contribution in [3.05, 3.63) is 66.2 Å². The Labute approximate surface area is 164 Å². The first-order chi connectivity index (χ1) is 13.2. The summed E-state index contributed by atoms with van der Waals surface area (Å²) in [5.74, 6) is 0. The van der Waals surface area contributed by atoms with Crippen molar-refractivity contribution in [1.29, 1.82) is 0 Å². The summed E-state index contributed by atoms with van der Waals surface area (Å²) in [5.41, 5.74) is 1.76. The molecule has 0 bridgehead atoms. The van der Waals surface area contributed by atoms with E-state index in [1.54, 1.807) is 36.4 Å². The quantitative estimate of drug-likeness (QED) is 0.707. The first-order valence-corrected chi connectivity index (χ1v) is 12.2. The molecule has 28 heavy (non-hydrogen) atoms.